The summed E-state index contributed by atoms with van der Waals surface area (Å²) in [5, 5.41) is 3.83. The molecule has 1 heterocycles. The largest absolute Gasteiger partial charge is 0.490 e. The van der Waals surface area contributed by atoms with Crippen LogP contribution in [-0.4, -0.2) is 17.2 Å². The number of nitrogens with one attached hydrogen (secondary N) is 1. The molecular weight excluding hydrogens is 332 g/mol. The van der Waals surface area contributed by atoms with Gasteiger partial charge in [-0.2, -0.15) is 0 Å². The number of hydrogen-bond donors (Lipinski definition) is 1. The van der Waals surface area contributed by atoms with E-state index >= 15 is 0 Å². The van der Waals surface area contributed by atoms with Crippen LogP contribution in [0.5, 0.6) is 5.75 Å². The number of benzene rings is 2. The third-order valence-corrected chi connectivity index (χ3v) is 5.30. The lowest BCUT2D eigenvalue weighted by molar-refractivity contribution is 0.341. The first-order chi connectivity index (χ1) is 13.4. The minimum absolute atomic E-state index is 0.513. The number of aromatic nitrogens is 1. The number of ether oxygens (including phenoxy) is 1. The summed E-state index contributed by atoms with van der Waals surface area (Å²) in [7, 11) is 0. The Balaban J connectivity index is 1.84. The second kappa shape index (κ2) is 8.34. The van der Waals surface area contributed by atoms with E-state index in [1.165, 1.54) is 37.7 Å². The summed E-state index contributed by atoms with van der Waals surface area (Å²) >= 11 is 0. The van der Waals surface area contributed by atoms with Crippen LogP contribution in [0, 0.1) is 0 Å². The van der Waals surface area contributed by atoms with Crippen molar-refractivity contribution in [2.75, 3.05) is 11.9 Å². The molecule has 140 valence electrons. The van der Waals surface area contributed by atoms with E-state index in [-0.39, 0.29) is 0 Å². The summed E-state index contributed by atoms with van der Waals surface area (Å²) < 4.78 is 8.37. The van der Waals surface area contributed by atoms with Crippen molar-refractivity contribution >= 4 is 5.82 Å². The topological polar surface area (TPSA) is 26.2 Å². The van der Waals surface area contributed by atoms with Crippen LogP contribution in [-0.2, 0) is 0 Å². The van der Waals surface area contributed by atoms with Gasteiger partial charge in [0.05, 0.1) is 12.3 Å². The molecule has 0 bridgehead atoms. The normalized spacial score (nSPS) is 14.9. The van der Waals surface area contributed by atoms with Crippen LogP contribution in [0.3, 0.4) is 0 Å². The zero-order chi connectivity index (χ0) is 18.5. The molecule has 0 radical (unpaired) electrons. The smallest absolute Gasteiger partial charge is 0.162 e. The molecule has 3 nitrogen and oxygen atoms in total. The predicted molar refractivity (Wildman–Crippen MR) is 113 cm³/mol. The second-order valence-electron chi connectivity index (χ2n) is 7.19. The van der Waals surface area contributed by atoms with Gasteiger partial charge in [0.15, 0.2) is 11.6 Å². The summed E-state index contributed by atoms with van der Waals surface area (Å²) in [6, 6.07) is 23.8. The molecular formula is C24H28N2O. The maximum absolute atomic E-state index is 6.06. The Morgan fingerprint density at radius 3 is 2.26 bits per heavy atom. The molecule has 2 aromatic carbocycles. The van der Waals surface area contributed by atoms with Crippen molar-refractivity contribution in [3.63, 3.8) is 0 Å². The summed E-state index contributed by atoms with van der Waals surface area (Å²) in [4.78, 5) is 0. The van der Waals surface area contributed by atoms with Gasteiger partial charge < -0.3 is 10.1 Å². The molecule has 1 aliphatic carbocycles. The summed E-state index contributed by atoms with van der Waals surface area (Å²) in [5.74, 6) is 2.01. The standard InChI is InChI=1S/C24H28N2O/c1-2-27-23-18-22(19-12-6-3-7-13-19)26(21-16-10-5-11-17-21)24(23)25-20-14-8-4-9-15-20/h3,5-7,10-13,16-18,20,25H,2,4,8-9,14-15H2,1H3. The van der Waals surface area contributed by atoms with Gasteiger partial charge in [0, 0.05) is 17.8 Å². The van der Waals surface area contributed by atoms with E-state index in [2.05, 4.69) is 76.6 Å². The van der Waals surface area contributed by atoms with Crippen LogP contribution in [0.2, 0.25) is 0 Å². The van der Waals surface area contributed by atoms with Crippen molar-refractivity contribution in [1.29, 1.82) is 0 Å². The van der Waals surface area contributed by atoms with Crippen LogP contribution in [0.25, 0.3) is 16.9 Å². The number of nitrogens with zero attached hydrogens (tertiary/aromatic N) is 1. The van der Waals surface area contributed by atoms with Gasteiger partial charge in [-0.25, -0.2) is 0 Å². The first-order valence-electron chi connectivity index (χ1n) is 10.1. The Kier molecular flexibility index (Phi) is 5.47. The van der Waals surface area contributed by atoms with E-state index in [9.17, 15) is 0 Å². The van der Waals surface area contributed by atoms with E-state index in [1.54, 1.807) is 0 Å². The van der Waals surface area contributed by atoms with E-state index in [0.717, 1.165) is 22.9 Å². The summed E-state index contributed by atoms with van der Waals surface area (Å²) in [5.41, 5.74) is 3.50. The highest BCUT2D eigenvalue weighted by Gasteiger charge is 2.22. The van der Waals surface area contributed by atoms with Crippen LogP contribution < -0.4 is 10.1 Å². The molecule has 1 aliphatic rings. The van der Waals surface area contributed by atoms with Crippen LogP contribution in [0.1, 0.15) is 39.0 Å². The molecule has 0 spiro atoms. The molecule has 0 amide bonds. The highest BCUT2D eigenvalue weighted by atomic mass is 16.5. The van der Waals surface area contributed by atoms with E-state index in [0.29, 0.717) is 12.6 Å². The maximum Gasteiger partial charge on any atom is 0.162 e. The first-order valence-corrected chi connectivity index (χ1v) is 10.1. The van der Waals surface area contributed by atoms with Crippen molar-refractivity contribution in [2.45, 2.75) is 45.1 Å². The molecule has 1 aromatic heterocycles. The van der Waals surface area contributed by atoms with Gasteiger partial charge in [0.25, 0.3) is 0 Å². The van der Waals surface area contributed by atoms with Crippen LogP contribution in [0.4, 0.5) is 5.82 Å². The van der Waals surface area contributed by atoms with E-state index < -0.39 is 0 Å². The SMILES string of the molecule is CCOc1cc(-c2ccccc2)n(-c2ccccc2)c1NC1CCCCC1. The molecule has 4 rings (SSSR count). The molecule has 0 saturated heterocycles. The minimum Gasteiger partial charge on any atom is -0.490 e. The Bertz CT molecular complexity index is 849. The lowest BCUT2D eigenvalue weighted by Crippen LogP contribution is -2.24. The molecule has 1 fully saturated rings. The molecule has 1 N–H and O–H groups in total. The third kappa shape index (κ3) is 3.87. The van der Waals surface area contributed by atoms with E-state index in [4.69, 9.17) is 4.74 Å². The molecule has 0 aliphatic heterocycles. The fourth-order valence-corrected chi connectivity index (χ4v) is 4.00. The Hall–Kier alpha value is -2.68. The molecule has 3 heteroatoms. The average Bonchev–Trinajstić information content (AvgIpc) is 3.08. The quantitative estimate of drug-likeness (QED) is 0.559. The predicted octanol–water partition coefficient (Wildman–Crippen LogP) is 6.29. The number of hydrogen-bond acceptors (Lipinski definition) is 2. The third-order valence-electron chi connectivity index (χ3n) is 5.30. The van der Waals surface area contributed by atoms with Gasteiger partial charge in [-0.3, -0.25) is 4.57 Å². The zero-order valence-corrected chi connectivity index (χ0v) is 16.0. The highest BCUT2D eigenvalue weighted by molar-refractivity contribution is 5.74. The molecule has 27 heavy (non-hydrogen) atoms. The fourth-order valence-electron chi connectivity index (χ4n) is 4.00. The molecule has 0 atom stereocenters. The second-order valence-corrected chi connectivity index (χ2v) is 7.19. The monoisotopic (exact) mass is 360 g/mol. The lowest BCUT2D eigenvalue weighted by atomic mass is 9.95. The van der Waals surface area contributed by atoms with Gasteiger partial charge in [-0.15, -0.1) is 0 Å². The number of anilines is 1. The first kappa shape index (κ1) is 17.7. The fraction of sp³-hybridized carbons (Fsp3) is 0.333. The number of para-hydroxylation sites is 1. The van der Waals surface area contributed by atoms with Crippen LogP contribution >= 0.6 is 0 Å². The Labute approximate surface area is 162 Å². The van der Waals surface area contributed by atoms with Crippen molar-refractivity contribution < 1.29 is 4.74 Å². The van der Waals surface area contributed by atoms with Gasteiger partial charge >= 0.3 is 0 Å². The Morgan fingerprint density at radius 2 is 1.59 bits per heavy atom. The molecule has 0 unspecified atom stereocenters. The molecule has 3 aromatic rings. The maximum atomic E-state index is 6.06. The highest BCUT2D eigenvalue weighted by Crippen LogP contribution is 2.39. The van der Waals surface area contributed by atoms with Crippen molar-refractivity contribution in [1.82, 2.24) is 4.57 Å². The van der Waals surface area contributed by atoms with Crippen molar-refractivity contribution in [3.8, 4) is 22.7 Å². The van der Waals surface area contributed by atoms with Gasteiger partial charge in [0.2, 0.25) is 0 Å². The van der Waals surface area contributed by atoms with E-state index in [1.807, 2.05) is 6.92 Å². The molecule has 1 saturated carbocycles. The zero-order valence-electron chi connectivity index (χ0n) is 16.0. The van der Waals surface area contributed by atoms with Gasteiger partial charge in [-0.05, 0) is 37.5 Å². The van der Waals surface area contributed by atoms with Gasteiger partial charge in [0.1, 0.15) is 0 Å². The van der Waals surface area contributed by atoms with Crippen molar-refractivity contribution in [3.05, 3.63) is 66.7 Å². The summed E-state index contributed by atoms with van der Waals surface area (Å²) in [6.07, 6.45) is 6.42. The lowest BCUT2D eigenvalue weighted by Gasteiger charge is -2.25. The van der Waals surface area contributed by atoms with Crippen LogP contribution in [0.15, 0.2) is 66.7 Å². The Morgan fingerprint density at radius 1 is 0.926 bits per heavy atom. The van der Waals surface area contributed by atoms with Gasteiger partial charge in [-0.1, -0.05) is 67.8 Å². The summed E-state index contributed by atoms with van der Waals surface area (Å²) in [6.45, 7) is 2.71. The average molecular weight is 361 g/mol. The number of rotatable bonds is 6. The minimum atomic E-state index is 0.513. The van der Waals surface area contributed by atoms with Crippen molar-refractivity contribution in [2.24, 2.45) is 0 Å².